The van der Waals surface area contributed by atoms with Gasteiger partial charge in [-0.25, -0.2) is 0 Å². The molecule has 0 amide bonds. The lowest BCUT2D eigenvalue weighted by molar-refractivity contribution is 0.289. The smallest absolute Gasteiger partial charge is 0.238 e. The Hall–Kier alpha value is -1.62. The lowest BCUT2D eigenvalue weighted by atomic mass is 9.84. The van der Waals surface area contributed by atoms with E-state index in [4.69, 9.17) is 14.7 Å². The average Bonchev–Trinajstić information content (AvgIpc) is 2.95. The molecule has 0 aliphatic heterocycles. The van der Waals surface area contributed by atoms with E-state index in [2.05, 4.69) is 24.0 Å². The third-order valence-electron chi connectivity index (χ3n) is 3.37. The summed E-state index contributed by atoms with van der Waals surface area (Å²) in [4.78, 5) is 4.37. The molecule has 2 aromatic heterocycles. The Balaban J connectivity index is 2.01. The molecule has 2 N–H and O–H groups in total. The Morgan fingerprint density at radius 2 is 2.11 bits per heavy atom. The van der Waals surface area contributed by atoms with Crippen LogP contribution in [-0.4, -0.2) is 16.7 Å². The van der Waals surface area contributed by atoms with Crippen molar-refractivity contribution in [3.8, 4) is 11.6 Å². The predicted molar refractivity (Wildman–Crippen MR) is 72.5 cm³/mol. The normalized spacial score (nSPS) is 12.0. The molecule has 104 valence electrons. The van der Waals surface area contributed by atoms with Gasteiger partial charge in [0.2, 0.25) is 11.7 Å². The van der Waals surface area contributed by atoms with Gasteiger partial charge in [-0.3, -0.25) is 0 Å². The molecule has 0 atom stereocenters. The number of aryl methyl sites for hydroxylation is 2. The van der Waals surface area contributed by atoms with Crippen molar-refractivity contribution in [1.29, 1.82) is 0 Å². The molecule has 2 aromatic rings. The lowest BCUT2D eigenvalue weighted by Crippen LogP contribution is -2.17. The molecule has 0 aliphatic carbocycles. The molecular formula is C14H21N3O2. The number of hydrogen-bond acceptors (Lipinski definition) is 5. The van der Waals surface area contributed by atoms with Crippen molar-refractivity contribution in [2.75, 3.05) is 6.54 Å². The summed E-state index contributed by atoms with van der Waals surface area (Å²) in [7, 11) is 0. The maximum absolute atomic E-state index is 5.60. The van der Waals surface area contributed by atoms with Crippen LogP contribution in [0.25, 0.3) is 11.6 Å². The molecule has 5 heteroatoms. The lowest BCUT2D eigenvalue weighted by Gasteiger charge is -2.22. The van der Waals surface area contributed by atoms with Crippen LogP contribution in [0, 0.1) is 12.3 Å². The highest BCUT2D eigenvalue weighted by molar-refractivity contribution is 5.50. The summed E-state index contributed by atoms with van der Waals surface area (Å²) in [6, 6.07) is 1.88. The number of nitrogens with zero attached hydrogens (tertiary/aromatic N) is 2. The van der Waals surface area contributed by atoms with Crippen LogP contribution in [0.15, 0.2) is 21.3 Å². The van der Waals surface area contributed by atoms with Gasteiger partial charge in [-0.1, -0.05) is 19.0 Å². The van der Waals surface area contributed by atoms with Crippen molar-refractivity contribution in [3.05, 3.63) is 23.8 Å². The summed E-state index contributed by atoms with van der Waals surface area (Å²) in [5.41, 5.74) is 6.81. The number of furan rings is 1. The molecule has 0 spiro atoms. The number of nitrogens with two attached hydrogens (primary N) is 1. The molecule has 19 heavy (non-hydrogen) atoms. The zero-order valence-corrected chi connectivity index (χ0v) is 11.8. The third kappa shape index (κ3) is 3.44. The van der Waals surface area contributed by atoms with Crippen molar-refractivity contribution < 1.29 is 8.94 Å². The van der Waals surface area contributed by atoms with Crippen LogP contribution in [0.5, 0.6) is 0 Å². The van der Waals surface area contributed by atoms with Gasteiger partial charge in [0, 0.05) is 6.42 Å². The first-order valence-corrected chi connectivity index (χ1v) is 6.59. The van der Waals surface area contributed by atoms with E-state index in [0.29, 0.717) is 24.0 Å². The highest BCUT2D eigenvalue weighted by atomic mass is 16.5. The first kappa shape index (κ1) is 13.8. The molecular weight excluding hydrogens is 242 g/mol. The molecule has 0 aromatic carbocycles. The van der Waals surface area contributed by atoms with Gasteiger partial charge >= 0.3 is 0 Å². The van der Waals surface area contributed by atoms with Crippen LogP contribution in [-0.2, 0) is 6.42 Å². The summed E-state index contributed by atoms with van der Waals surface area (Å²) < 4.78 is 10.6. The highest BCUT2D eigenvalue weighted by Gasteiger charge is 2.19. The third-order valence-corrected chi connectivity index (χ3v) is 3.37. The fourth-order valence-electron chi connectivity index (χ4n) is 2.01. The molecule has 0 bridgehead atoms. The van der Waals surface area contributed by atoms with Gasteiger partial charge in [0.05, 0.1) is 6.26 Å². The van der Waals surface area contributed by atoms with E-state index in [-0.39, 0.29) is 5.41 Å². The predicted octanol–water partition coefficient (Wildman–Crippen LogP) is 2.95. The van der Waals surface area contributed by atoms with Gasteiger partial charge in [0.15, 0.2) is 5.76 Å². The van der Waals surface area contributed by atoms with Crippen molar-refractivity contribution in [1.82, 2.24) is 10.1 Å². The topological polar surface area (TPSA) is 78.1 Å². The Morgan fingerprint density at radius 3 is 2.74 bits per heavy atom. The number of aromatic nitrogens is 2. The second-order valence-electron chi connectivity index (χ2n) is 5.65. The molecule has 2 heterocycles. The second-order valence-corrected chi connectivity index (χ2v) is 5.65. The summed E-state index contributed by atoms with van der Waals surface area (Å²) in [6.45, 7) is 7.06. The zero-order chi connectivity index (χ0) is 13.9. The summed E-state index contributed by atoms with van der Waals surface area (Å²) in [6.07, 6.45) is 4.36. The van der Waals surface area contributed by atoms with Crippen LogP contribution in [0.3, 0.4) is 0 Å². The summed E-state index contributed by atoms with van der Waals surface area (Å²) >= 11 is 0. The Labute approximate surface area is 113 Å². The van der Waals surface area contributed by atoms with Crippen LogP contribution < -0.4 is 5.73 Å². The van der Waals surface area contributed by atoms with Crippen LogP contribution in [0.4, 0.5) is 0 Å². The van der Waals surface area contributed by atoms with E-state index in [9.17, 15) is 0 Å². The van der Waals surface area contributed by atoms with E-state index in [0.717, 1.165) is 24.8 Å². The SMILES string of the molecule is Cc1ccoc1-c1noc(CCC(C)(C)CCN)n1. The van der Waals surface area contributed by atoms with E-state index < -0.39 is 0 Å². The van der Waals surface area contributed by atoms with E-state index in [1.165, 1.54) is 0 Å². The van der Waals surface area contributed by atoms with Crippen LogP contribution in [0.1, 0.15) is 38.1 Å². The van der Waals surface area contributed by atoms with Gasteiger partial charge in [-0.2, -0.15) is 4.98 Å². The van der Waals surface area contributed by atoms with Crippen molar-refractivity contribution in [3.63, 3.8) is 0 Å². The average molecular weight is 263 g/mol. The maximum Gasteiger partial charge on any atom is 0.238 e. The standard InChI is InChI=1S/C14H21N3O2/c1-10-5-9-18-12(10)13-16-11(19-17-13)4-6-14(2,3)7-8-15/h5,9H,4,6-8,15H2,1-3H3. The Morgan fingerprint density at radius 1 is 1.32 bits per heavy atom. The van der Waals surface area contributed by atoms with Crippen LogP contribution >= 0.6 is 0 Å². The fourth-order valence-corrected chi connectivity index (χ4v) is 2.01. The van der Waals surface area contributed by atoms with Crippen molar-refractivity contribution in [2.24, 2.45) is 11.1 Å². The van der Waals surface area contributed by atoms with Crippen LogP contribution in [0.2, 0.25) is 0 Å². The summed E-state index contributed by atoms with van der Waals surface area (Å²) in [5, 5.41) is 3.96. The monoisotopic (exact) mass is 263 g/mol. The molecule has 0 saturated carbocycles. The number of hydrogen-bond donors (Lipinski definition) is 1. The van der Waals surface area contributed by atoms with E-state index in [1.54, 1.807) is 6.26 Å². The highest BCUT2D eigenvalue weighted by Crippen LogP contribution is 2.27. The minimum atomic E-state index is 0.198. The first-order valence-electron chi connectivity index (χ1n) is 6.59. The largest absolute Gasteiger partial charge is 0.461 e. The molecule has 0 aliphatic rings. The quantitative estimate of drug-likeness (QED) is 0.866. The van der Waals surface area contributed by atoms with Gasteiger partial charge < -0.3 is 14.7 Å². The van der Waals surface area contributed by atoms with E-state index in [1.807, 2.05) is 13.0 Å². The number of rotatable bonds is 6. The summed E-state index contributed by atoms with van der Waals surface area (Å²) in [5.74, 6) is 1.85. The van der Waals surface area contributed by atoms with Gasteiger partial charge in [-0.05, 0) is 43.4 Å². The van der Waals surface area contributed by atoms with Gasteiger partial charge in [0.1, 0.15) is 0 Å². The molecule has 2 rings (SSSR count). The van der Waals surface area contributed by atoms with E-state index >= 15 is 0 Å². The molecule has 0 fully saturated rings. The Kier molecular flexibility index (Phi) is 4.04. The fraction of sp³-hybridized carbons (Fsp3) is 0.571. The first-order chi connectivity index (χ1) is 9.02. The minimum Gasteiger partial charge on any atom is -0.461 e. The second kappa shape index (κ2) is 5.57. The molecule has 5 nitrogen and oxygen atoms in total. The van der Waals surface area contributed by atoms with Crippen molar-refractivity contribution >= 4 is 0 Å². The molecule has 0 unspecified atom stereocenters. The van der Waals surface area contributed by atoms with Crippen molar-refractivity contribution in [2.45, 2.75) is 40.0 Å². The zero-order valence-electron chi connectivity index (χ0n) is 11.8. The van der Waals surface area contributed by atoms with Gasteiger partial charge in [0.25, 0.3) is 0 Å². The molecule has 0 saturated heterocycles. The minimum absolute atomic E-state index is 0.198. The Bertz CT molecular complexity index is 528. The van der Waals surface area contributed by atoms with Gasteiger partial charge in [-0.15, -0.1) is 0 Å². The maximum atomic E-state index is 5.60. The molecule has 0 radical (unpaired) electrons.